The van der Waals surface area contributed by atoms with Crippen LogP contribution in [0.15, 0.2) is 59.0 Å². The van der Waals surface area contributed by atoms with Gasteiger partial charge in [0, 0.05) is 24.0 Å². The van der Waals surface area contributed by atoms with E-state index in [9.17, 15) is 0 Å². The molecule has 0 atom stereocenters. The molecule has 3 heteroatoms. The summed E-state index contributed by atoms with van der Waals surface area (Å²) in [5.74, 6) is 0. The molecule has 0 aliphatic heterocycles. The van der Waals surface area contributed by atoms with E-state index in [2.05, 4.69) is 42.5 Å². The van der Waals surface area contributed by atoms with E-state index >= 15 is 0 Å². The van der Waals surface area contributed by atoms with Crippen molar-refractivity contribution >= 4 is 27.8 Å². The Labute approximate surface area is 104 Å². The summed E-state index contributed by atoms with van der Waals surface area (Å²) in [7, 11) is 2.01. The molecule has 1 heterocycles. The van der Waals surface area contributed by atoms with Gasteiger partial charge in [-0.05, 0) is 11.5 Å². The molecule has 84 valence electrons. The quantitative estimate of drug-likeness (QED) is 0.619. The topological polar surface area (TPSA) is 17.3 Å². The second kappa shape index (κ2) is 4.18. The Balaban J connectivity index is 2.29. The summed E-state index contributed by atoms with van der Waals surface area (Å²) in [5, 5.41) is 4.47. The minimum atomic E-state index is 1.02. The van der Waals surface area contributed by atoms with Crippen molar-refractivity contribution in [1.29, 1.82) is 0 Å². The van der Waals surface area contributed by atoms with E-state index in [1.54, 1.807) is 11.3 Å². The zero-order chi connectivity index (χ0) is 11.7. The lowest BCUT2D eigenvalue weighted by atomic mass is 10.1. The highest BCUT2D eigenvalue weighted by Crippen LogP contribution is 2.24. The smallest absolute Gasteiger partial charge is 0.189 e. The molecule has 0 saturated heterocycles. The minimum absolute atomic E-state index is 1.02. The molecule has 3 aromatic rings. The van der Waals surface area contributed by atoms with Crippen LogP contribution in [0.1, 0.15) is 0 Å². The molecule has 0 spiro atoms. The Kier molecular flexibility index (Phi) is 2.53. The van der Waals surface area contributed by atoms with E-state index in [-0.39, 0.29) is 0 Å². The number of fused-ring (bicyclic) bond motifs is 1. The SMILES string of the molecule is Cn1ccsc1=Nc1cccc2ccccc12. The molecule has 2 nitrogen and oxygen atoms in total. The van der Waals surface area contributed by atoms with E-state index < -0.39 is 0 Å². The number of benzene rings is 2. The highest BCUT2D eigenvalue weighted by molar-refractivity contribution is 7.07. The summed E-state index contributed by atoms with van der Waals surface area (Å²) in [6.45, 7) is 0. The van der Waals surface area contributed by atoms with Crippen LogP contribution < -0.4 is 4.80 Å². The van der Waals surface area contributed by atoms with Crippen molar-refractivity contribution in [3.8, 4) is 0 Å². The van der Waals surface area contributed by atoms with E-state index in [0.717, 1.165) is 10.5 Å². The largest absolute Gasteiger partial charge is 0.327 e. The van der Waals surface area contributed by atoms with Crippen LogP contribution in [0, 0.1) is 0 Å². The number of rotatable bonds is 1. The monoisotopic (exact) mass is 240 g/mol. The lowest BCUT2D eigenvalue weighted by Gasteiger charge is -2.00. The van der Waals surface area contributed by atoms with Gasteiger partial charge in [0.1, 0.15) is 0 Å². The third-order valence-electron chi connectivity index (χ3n) is 2.74. The maximum Gasteiger partial charge on any atom is 0.189 e. The van der Waals surface area contributed by atoms with Gasteiger partial charge in [0.05, 0.1) is 5.69 Å². The maximum atomic E-state index is 4.71. The van der Waals surface area contributed by atoms with Gasteiger partial charge in [-0.15, -0.1) is 11.3 Å². The van der Waals surface area contributed by atoms with Crippen LogP contribution in [0.5, 0.6) is 0 Å². The summed E-state index contributed by atoms with van der Waals surface area (Å²) >= 11 is 1.65. The van der Waals surface area contributed by atoms with Gasteiger partial charge in [0.25, 0.3) is 0 Å². The second-order valence-corrected chi connectivity index (χ2v) is 4.78. The third-order valence-corrected chi connectivity index (χ3v) is 3.59. The number of nitrogens with zero attached hydrogens (tertiary/aromatic N) is 2. The predicted octanol–water partition coefficient (Wildman–Crippen LogP) is 3.47. The molecule has 0 unspecified atom stereocenters. The van der Waals surface area contributed by atoms with Crippen LogP contribution >= 0.6 is 11.3 Å². The molecule has 0 radical (unpaired) electrons. The Bertz CT molecular complexity index is 717. The first-order chi connectivity index (χ1) is 8.34. The number of hydrogen-bond acceptors (Lipinski definition) is 2. The molecule has 0 aliphatic rings. The van der Waals surface area contributed by atoms with Crippen LogP contribution in [-0.2, 0) is 7.05 Å². The van der Waals surface area contributed by atoms with E-state index in [1.807, 2.05) is 23.2 Å². The van der Waals surface area contributed by atoms with Crippen LogP contribution in [0.4, 0.5) is 5.69 Å². The summed E-state index contributed by atoms with van der Waals surface area (Å²) in [6.07, 6.45) is 2.02. The number of aryl methyl sites for hydroxylation is 1. The van der Waals surface area contributed by atoms with Gasteiger partial charge in [0.15, 0.2) is 4.80 Å². The Morgan fingerprint density at radius 1 is 1.06 bits per heavy atom. The minimum Gasteiger partial charge on any atom is -0.327 e. The van der Waals surface area contributed by atoms with Crippen molar-refractivity contribution in [1.82, 2.24) is 4.57 Å². The summed E-state index contributed by atoms with van der Waals surface area (Å²) in [4.78, 5) is 5.73. The van der Waals surface area contributed by atoms with Crippen LogP contribution in [0.2, 0.25) is 0 Å². The average Bonchev–Trinajstić information content (AvgIpc) is 2.76. The summed E-state index contributed by atoms with van der Waals surface area (Å²) in [6, 6.07) is 14.6. The van der Waals surface area contributed by atoms with Gasteiger partial charge in [0.2, 0.25) is 0 Å². The summed E-state index contributed by atoms with van der Waals surface area (Å²) < 4.78 is 2.03. The average molecular weight is 240 g/mol. The molecular weight excluding hydrogens is 228 g/mol. The maximum absolute atomic E-state index is 4.71. The van der Waals surface area contributed by atoms with Crippen molar-refractivity contribution in [2.45, 2.75) is 0 Å². The van der Waals surface area contributed by atoms with E-state index in [1.165, 1.54) is 10.8 Å². The van der Waals surface area contributed by atoms with Gasteiger partial charge in [-0.1, -0.05) is 36.4 Å². The lowest BCUT2D eigenvalue weighted by Crippen LogP contribution is -2.07. The first-order valence-electron chi connectivity index (χ1n) is 5.47. The van der Waals surface area contributed by atoms with Gasteiger partial charge >= 0.3 is 0 Å². The van der Waals surface area contributed by atoms with Gasteiger partial charge in [-0.25, -0.2) is 4.99 Å². The van der Waals surface area contributed by atoms with Crippen LogP contribution in [0.25, 0.3) is 10.8 Å². The number of thiazole rings is 1. The zero-order valence-corrected chi connectivity index (χ0v) is 10.3. The van der Waals surface area contributed by atoms with Crippen molar-refractivity contribution in [2.24, 2.45) is 12.0 Å². The molecule has 2 aromatic carbocycles. The molecule has 0 aliphatic carbocycles. The fourth-order valence-electron chi connectivity index (χ4n) is 1.84. The molecule has 17 heavy (non-hydrogen) atoms. The Hall–Kier alpha value is -1.87. The Morgan fingerprint density at radius 2 is 1.88 bits per heavy atom. The molecule has 3 rings (SSSR count). The summed E-state index contributed by atoms with van der Waals surface area (Å²) in [5.41, 5.74) is 1.03. The lowest BCUT2D eigenvalue weighted by molar-refractivity contribution is 0.874. The van der Waals surface area contributed by atoms with E-state index in [0.29, 0.717) is 0 Å². The highest BCUT2D eigenvalue weighted by Gasteiger charge is 1.98. The van der Waals surface area contributed by atoms with Crippen LogP contribution in [0.3, 0.4) is 0 Å². The zero-order valence-electron chi connectivity index (χ0n) is 9.50. The molecule has 0 N–H and O–H groups in total. The van der Waals surface area contributed by atoms with Crippen molar-refractivity contribution < 1.29 is 0 Å². The van der Waals surface area contributed by atoms with Crippen molar-refractivity contribution in [3.05, 3.63) is 58.8 Å². The Morgan fingerprint density at radius 3 is 2.71 bits per heavy atom. The van der Waals surface area contributed by atoms with Crippen molar-refractivity contribution in [2.75, 3.05) is 0 Å². The molecule has 1 aromatic heterocycles. The van der Waals surface area contributed by atoms with Crippen molar-refractivity contribution in [3.63, 3.8) is 0 Å². The number of aromatic nitrogens is 1. The first-order valence-corrected chi connectivity index (χ1v) is 6.35. The molecule has 0 amide bonds. The normalized spacial score (nSPS) is 12.2. The first kappa shape index (κ1) is 10.3. The second-order valence-electron chi connectivity index (χ2n) is 3.91. The molecule has 0 saturated carbocycles. The molecule has 0 bridgehead atoms. The third kappa shape index (κ3) is 1.89. The van der Waals surface area contributed by atoms with E-state index in [4.69, 9.17) is 4.99 Å². The van der Waals surface area contributed by atoms with Crippen LogP contribution in [-0.4, -0.2) is 4.57 Å². The van der Waals surface area contributed by atoms with Gasteiger partial charge in [-0.3, -0.25) is 0 Å². The van der Waals surface area contributed by atoms with Gasteiger partial charge in [-0.2, -0.15) is 0 Å². The number of hydrogen-bond donors (Lipinski definition) is 0. The van der Waals surface area contributed by atoms with Gasteiger partial charge < -0.3 is 4.57 Å². The fourth-order valence-corrected chi connectivity index (χ4v) is 2.59. The standard InChI is InChI=1S/C14H12N2S/c1-16-9-10-17-14(16)15-13-8-4-6-11-5-2-3-7-12(11)13/h2-10H,1H3. The fraction of sp³-hybridized carbons (Fsp3) is 0.0714. The molecule has 0 fully saturated rings. The predicted molar refractivity (Wildman–Crippen MR) is 72.5 cm³/mol. The highest BCUT2D eigenvalue weighted by atomic mass is 32.1. The molecular formula is C14H12N2S.